The summed E-state index contributed by atoms with van der Waals surface area (Å²) in [6.07, 6.45) is 4.13. The molecule has 39 heavy (non-hydrogen) atoms. The fraction of sp³-hybridized carbons (Fsp3) is 0.483. The molecule has 2 aromatic carbocycles. The van der Waals surface area contributed by atoms with Crippen molar-refractivity contribution in [1.29, 1.82) is 0 Å². The van der Waals surface area contributed by atoms with E-state index in [2.05, 4.69) is 37.8 Å². The van der Waals surface area contributed by atoms with E-state index in [0.29, 0.717) is 49.5 Å². The van der Waals surface area contributed by atoms with Crippen LogP contribution in [0.3, 0.4) is 0 Å². The van der Waals surface area contributed by atoms with Crippen LogP contribution in [0.25, 0.3) is 22.5 Å². The van der Waals surface area contributed by atoms with Gasteiger partial charge in [0.1, 0.15) is 12.1 Å². The van der Waals surface area contributed by atoms with Crippen LogP contribution < -0.4 is 5.32 Å². The van der Waals surface area contributed by atoms with Crippen molar-refractivity contribution in [2.45, 2.75) is 50.2 Å². The molecule has 0 bridgehead atoms. The molecule has 3 aliphatic rings. The highest BCUT2D eigenvalue weighted by Gasteiger charge is 2.42. The number of aliphatic carboxylic acids is 2. The minimum atomic E-state index is -0.823. The molecule has 10 nitrogen and oxygen atoms in total. The van der Waals surface area contributed by atoms with E-state index in [9.17, 15) is 19.8 Å². The second-order valence-corrected chi connectivity index (χ2v) is 11.3. The van der Waals surface area contributed by atoms with Crippen LogP contribution in [0.1, 0.15) is 38.1 Å². The van der Waals surface area contributed by atoms with E-state index in [1.807, 2.05) is 42.5 Å². The summed E-state index contributed by atoms with van der Waals surface area (Å²) in [5.41, 5.74) is 3.12. The number of hydrogen-bond acceptors (Lipinski definition) is 7. The molecule has 6 atom stereocenters. The van der Waals surface area contributed by atoms with Crippen LogP contribution >= 0.6 is 0 Å². The van der Waals surface area contributed by atoms with E-state index in [0.717, 1.165) is 42.5 Å². The Bertz CT molecular complexity index is 1310. The molecule has 2 aliphatic heterocycles. The number of tetrazole rings is 1. The number of nitrogens with one attached hydrogen (secondary N) is 1. The van der Waals surface area contributed by atoms with Crippen LogP contribution in [0, 0.1) is 17.8 Å². The van der Waals surface area contributed by atoms with Crippen molar-refractivity contribution in [2.24, 2.45) is 17.8 Å². The van der Waals surface area contributed by atoms with Crippen molar-refractivity contribution < 1.29 is 19.8 Å². The van der Waals surface area contributed by atoms with Gasteiger partial charge in [0, 0.05) is 18.7 Å². The molecule has 0 unspecified atom stereocenters. The van der Waals surface area contributed by atoms with Gasteiger partial charge in [-0.15, -0.1) is 10.2 Å². The SMILES string of the molecule is O=C(O)[C@@H]1C[C@H]2C[C@@H](CN3C[C@@H](n4nnc(-c5ccc(-c6ccccc6)cc5)n4)C[C@H]3C(=O)O)CC[C@H]2CN1. The number of likely N-dealkylation sites (tertiary alicyclic amines) is 1. The zero-order chi connectivity index (χ0) is 26.9. The van der Waals surface area contributed by atoms with E-state index < -0.39 is 24.0 Å². The van der Waals surface area contributed by atoms with Gasteiger partial charge in [-0.2, -0.15) is 4.80 Å². The van der Waals surface area contributed by atoms with E-state index >= 15 is 0 Å². The van der Waals surface area contributed by atoms with Crippen molar-refractivity contribution >= 4 is 11.9 Å². The topological polar surface area (TPSA) is 133 Å². The number of rotatable bonds is 7. The number of hydrogen-bond donors (Lipinski definition) is 3. The molecule has 6 rings (SSSR count). The number of carbonyl (C=O) groups is 2. The third-order valence-corrected chi connectivity index (χ3v) is 8.88. The molecule has 0 amide bonds. The lowest BCUT2D eigenvalue weighted by Crippen LogP contribution is -2.50. The minimum Gasteiger partial charge on any atom is -0.480 e. The molecule has 3 N–H and O–H groups in total. The maximum atomic E-state index is 12.2. The summed E-state index contributed by atoms with van der Waals surface area (Å²) >= 11 is 0. The number of carboxylic acid groups (broad SMARTS) is 2. The molecule has 0 radical (unpaired) electrons. The van der Waals surface area contributed by atoms with Gasteiger partial charge in [-0.1, -0.05) is 54.6 Å². The number of aromatic nitrogens is 4. The average Bonchev–Trinajstić information content (AvgIpc) is 3.61. The van der Waals surface area contributed by atoms with Crippen molar-refractivity contribution in [3.05, 3.63) is 54.6 Å². The summed E-state index contributed by atoms with van der Waals surface area (Å²) in [6.45, 7) is 2.02. The van der Waals surface area contributed by atoms with E-state index in [1.54, 1.807) is 4.80 Å². The van der Waals surface area contributed by atoms with Crippen molar-refractivity contribution in [1.82, 2.24) is 30.4 Å². The Morgan fingerprint density at radius 3 is 2.36 bits per heavy atom. The highest BCUT2D eigenvalue weighted by atomic mass is 16.4. The normalized spacial score (nSPS) is 29.1. The first-order chi connectivity index (χ1) is 18.9. The summed E-state index contributed by atoms with van der Waals surface area (Å²) < 4.78 is 0. The van der Waals surface area contributed by atoms with Crippen LogP contribution in [0.2, 0.25) is 0 Å². The number of carboxylic acids is 2. The van der Waals surface area contributed by atoms with Crippen LogP contribution in [0.4, 0.5) is 0 Å². The first-order valence-electron chi connectivity index (χ1n) is 13.8. The van der Waals surface area contributed by atoms with E-state index in [1.165, 1.54) is 0 Å². The zero-order valence-corrected chi connectivity index (χ0v) is 21.8. The first kappa shape index (κ1) is 25.6. The fourth-order valence-electron chi connectivity index (χ4n) is 6.79. The molecule has 3 fully saturated rings. The molecular weight excluding hydrogens is 496 g/mol. The molecule has 1 aromatic heterocycles. The summed E-state index contributed by atoms with van der Waals surface area (Å²) in [5.74, 6) is 0.170. The predicted octanol–water partition coefficient (Wildman–Crippen LogP) is 3.19. The number of benzene rings is 2. The third kappa shape index (κ3) is 5.44. The van der Waals surface area contributed by atoms with Gasteiger partial charge in [0.05, 0.1) is 6.04 Å². The highest BCUT2D eigenvalue weighted by molar-refractivity contribution is 5.74. The van der Waals surface area contributed by atoms with Gasteiger partial charge in [0.25, 0.3) is 0 Å². The molecule has 204 valence electrons. The maximum Gasteiger partial charge on any atom is 0.321 e. The van der Waals surface area contributed by atoms with Gasteiger partial charge >= 0.3 is 11.9 Å². The standard InChI is InChI=1S/C29H34N6O4/c36-28(37)25-13-23-12-18(6-7-22(23)15-30-25)16-34-17-24(14-26(34)29(38)39)35-32-27(31-33-35)21-10-8-20(9-11-21)19-4-2-1-3-5-19/h1-5,8-11,18,22-26,30H,6-7,12-17H2,(H,36,37)(H,38,39)/t18-,22-,23+,24-,25-,26-/m0/s1. The van der Waals surface area contributed by atoms with E-state index in [-0.39, 0.29) is 6.04 Å². The van der Waals surface area contributed by atoms with Gasteiger partial charge < -0.3 is 15.5 Å². The molecule has 1 saturated carbocycles. The van der Waals surface area contributed by atoms with Gasteiger partial charge in [0.2, 0.25) is 5.82 Å². The second kappa shape index (κ2) is 10.9. The van der Waals surface area contributed by atoms with Crippen LogP contribution in [0.15, 0.2) is 54.6 Å². The van der Waals surface area contributed by atoms with Crippen LogP contribution in [-0.2, 0) is 9.59 Å². The van der Waals surface area contributed by atoms with Crippen LogP contribution in [0.5, 0.6) is 0 Å². The molecule has 3 aromatic rings. The first-order valence-corrected chi connectivity index (χ1v) is 13.8. The largest absolute Gasteiger partial charge is 0.480 e. The van der Waals surface area contributed by atoms with Crippen LogP contribution in [-0.4, -0.2) is 79.0 Å². The smallest absolute Gasteiger partial charge is 0.321 e. The Kier molecular flexibility index (Phi) is 7.14. The van der Waals surface area contributed by atoms with Crippen molar-refractivity contribution in [3.63, 3.8) is 0 Å². The van der Waals surface area contributed by atoms with Gasteiger partial charge in [-0.25, -0.2) is 0 Å². The van der Waals surface area contributed by atoms with Crippen molar-refractivity contribution in [2.75, 3.05) is 19.6 Å². The lowest BCUT2D eigenvalue weighted by molar-refractivity contribution is -0.143. The Morgan fingerprint density at radius 2 is 1.62 bits per heavy atom. The van der Waals surface area contributed by atoms with Crippen molar-refractivity contribution in [3.8, 4) is 22.5 Å². The number of fused-ring (bicyclic) bond motifs is 1. The molecule has 3 heterocycles. The Labute approximate surface area is 227 Å². The average molecular weight is 531 g/mol. The predicted molar refractivity (Wildman–Crippen MR) is 144 cm³/mol. The molecule has 10 heteroatoms. The lowest BCUT2D eigenvalue weighted by Gasteiger charge is -2.42. The monoisotopic (exact) mass is 530 g/mol. The Morgan fingerprint density at radius 1 is 0.872 bits per heavy atom. The summed E-state index contributed by atoms with van der Waals surface area (Å²) in [7, 11) is 0. The maximum absolute atomic E-state index is 12.2. The zero-order valence-electron chi connectivity index (χ0n) is 21.8. The number of nitrogens with zero attached hydrogens (tertiary/aromatic N) is 5. The van der Waals surface area contributed by atoms with Gasteiger partial charge in [0.15, 0.2) is 0 Å². The van der Waals surface area contributed by atoms with Gasteiger partial charge in [-0.3, -0.25) is 14.5 Å². The third-order valence-electron chi connectivity index (χ3n) is 8.88. The molecule has 1 aliphatic carbocycles. The Hall–Kier alpha value is -3.63. The lowest BCUT2D eigenvalue weighted by atomic mass is 9.69. The summed E-state index contributed by atoms with van der Waals surface area (Å²) in [6, 6.07) is 17.0. The quantitative estimate of drug-likeness (QED) is 0.421. The molecule has 0 spiro atoms. The summed E-state index contributed by atoms with van der Waals surface area (Å²) in [4.78, 5) is 27.3. The van der Waals surface area contributed by atoms with Gasteiger partial charge in [-0.05, 0) is 72.7 Å². The fourth-order valence-corrected chi connectivity index (χ4v) is 6.79. The molecular formula is C29H34N6O4. The molecule has 2 saturated heterocycles. The second-order valence-electron chi connectivity index (χ2n) is 11.3. The van der Waals surface area contributed by atoms with E-state index in [4.69, 9.17) is 0 Å². The minimum absolute atomic E-state index is 0.164. The highest BCUT2D eigenvalue weighted by Crippen LogP contribution is 2.40. The summed E-state index contributed by atoms with van der Waals surface area (Å²) in [5, 5.41) is 35.8. The number of piperidine rings is 1. The Balaban J connectivity index is 1.11.